The molecule has 0 saturated carbocycles. The summed E-state index contributed by atoms with van der Waals surface area (Å²) in [7, 11) is 2.43. The van der Waals surface area contributed by atoms with Crippen LogP contribution in [0.25, 0.3) is 0 Å². The quantitative estimate of drug-likeness (QED) is 0.231. The van der Waals surface area contributed by atoms with E-state index in [0.717, 1.165) is 6.54 Å². The van der Waals surface area contributed by atoms with Crippen molar-refractivity contribution >= 4 is 0 Å². The molecule has 0 rings (SSSR count). The molecule has 0 aliphatic rings. The molecule has 22 heavy (non-hydrogen) atoms. The van der Waals surface area contributed by atoms with Crippen molar-refractivity contribution in [2.75, 3.05) is 26.7 Å². The third-order valence-electron chi connectivity index (χ3n) is 4.67. The number of rotatable bonds is 16. The summed E-state index contributed by atoms with van der Waals surface area (Å²) in [5.74, 6) is 0. The lowest BCUT2D eigenvalue weighted by Gasteiger charge is -2.34. The van der Waals surface area contributed by atoms with Gasteiger partial charge in [-0.3, -0.25) is 0 Å². The van der Waals surface area contributed by atoms with Crippen molar-refractivity contribution in [2.45, 2.75) is 90.9 Å². The predicted octanol–water partition coefficient (Wildman–Crippen LogP) is 3.34. The van der Waals surface area contributed by atoms with E-state index in [2.05, 4.69) is 33.6 Å². The molecule has 0 bridgehead atoms. The van der Waals surface area contributed by atoms with Gasteiger partial charge in [-0.05, 0) is 31.8 Å². The standard InChI is InChI=1S/C20H42N.ClH/c1-5-8-10-12-14-16-19-21(4,18-7-3)20-17-15-13-11-9-6-2;/h7H,3,5-6,8-20H2,1-2,4H3;1H/q+1;/p-1. The molecule has 0 fully saturated rings. The Hall–Kier alpha value is -0.0100. The number of hydrogen-bond acceptors (Lipinski definition) is 0. The van der Waals surface area contributed by atoms with E-state index in [1.165, 1.54) is 94.6 Å². The molecule has 0 amide bonds. The molecule has 0 saturated heterocycles. The number of unbranched alkanes of at least 4 members (excludes halogenated alkanes) is 10. The second kappa shape index (κ2) is 17.3. The lowest BCUT2D eigenvalue weighted by atomic mass is 10.1. The van der Waals surface area contributed by atoms with Crippen LogP contribution in [0.4, 0.5) is 0 Å². The highest BCUT2D eigenvalue weighted by molar-refractivity contribution is 4.65. The Morgan fingerprint density at radius 2 is 1.05 bits per heavy atom. The highest BCUT2D eigenvalue weighted by Gasteiger charge is 2.18. The van der Waals surface area contributed by atoms with E-state index in [4.69, 9.17) is 0 Å². The lowest BCUT2D eigenvalue weighted by Crippen LogP contribution is -3.00. The van der Waals surface area contributed by atoms with Crippen molar-refractivity contribution in [1.82, 2.24) is 0 Å². The smallest absolute Gasteiger partial charge is 0.0969 e. The van der Waals surface area contributed by atoms with Gasteiger partial charge in [0.05, 0.1) is 26.7 Å². The summed E-state index contributed by atoms with van der Waals surface area (Å²) in [6.07, 6.45) is 19.0. The van der Waals surface area contributed by atoms with E-state index < -0.39 is 0 Å². The van der Waals surface area contributed by atoms with Crippen LogP contribution in [-0.4, -0.2) is 31.2 Å². The molecule has 0 aromatic rings. The summed E-state index contributed by atoms with van der Waals surface area (Å²) >= 11 is 0. The molecule has 0 aliphatic carbocycles. The maximum atomic E-state index is 3.97. The second-order valence-corrected chi connectivity index (χ2v) is 7.07. The van der Waals surface area contributed by atoms with Gasteiger partial charge in [0.25, 0.3) is 0 Å². The largest absolute Gasteiger partial charge is 1.00 e. The highest BCUT2D eigenvalue weighted by atomic mass is 35.5. The van der Waals surface area contributed by atoms with Gasteiger partial charge in [0.2, 0.25) is 0 Å². The summed E-state index contributed by atoms with van der Waals surface area (Å²) in [6, 6.07) is 0. The molecule has 0 aliphatic heterocycles. The van der Waals surface area contributed by atoms with Gasteiger partial charge in [0.15, 0.2) is 0 Å². The number of likely N-dealkylation sites (N-methyl/N-ethyl adjacent to an activating group) is 1. The zero-order valence-electron chi connectivity index (χ0n) is 15.7. The molecule has 1 nitrogen and oxygen atoms in total. The molecule has 134 valence electrons. The maximum Gasteiger partial charge on any atom is 0.0969 e. The topological polar surface area (TPSA) is 0 Å². The first kappa shape index (κ1) is 24.2. The molecule has 0 radical (unpaired) electrons. The zero-order chi connectivity index (χ0) is 15.8. The van der Waals surface area contributed by atoms with E-state index in [-0.39, 0.29) is 12.4 Å². The van der Waals surface area contributed by atoms with Crippen LogP contribution in [0.15, 0.2) is 12.7 Å². The van der Waals surface area contributed by atoms with Crippen molar-refractivity contribution in [3.63, 3.8) is 0 Å². The fourth-order valence-corrected chi connectivity index (χ4v) is 3.15. The minimum Gasteiger partial charge on any atom is -1.00 e. The SMILES string of the molecule is C=CC[N+](C)(CCCCCCCC)CCCCCCCC.[Cl-]. The van der Waals surface area contributed by atoms with Crippen LogP contribution in [0.3, 0.4) is 0 Å². The van der Waals surface area contributed by atoms with Gasteiger partial charge in [-0.25, -0.2) is 0 Å². The van der Waals surface area contributed by atoms with Crippen LogP contribution < -0.4 is 12.4 Å². The van der Waals surface area contributed by atoms with E-state index >= 15 is 0 Å². The number of quaternary nitrogens is 1. The molecule has 0 N–H and O–H groups in total. The number of nitrogens with zero attached hydrogens (tertiary/aromatic N) is 1. The number of halogens is 1. The van der Waals surface area contributed by atoms with Crippen LogP contribution in [0.2, 0.25) is 0 Å². The van der Waals surface area contributed by atoms with Crippen LogP contribution in [0, 0.1) is 0 Å². The normalized spacial score (nSPS) is 11.2. The van der Waals surface area contributed by atoms with Crippen molar-refractivity contribution in [2.24, 2.45) is 0 Å². The average Bonchev–Trinajstić information content (AvgIpc) is 2.47. The Kier molecular flexibility index (Phi) is 19.1. The summed E-state index contributed by atoms with van der Waals surface area (Å²) in [6.45, 7) is 12.4. The number of hydrogen-bond donors (Lipinski definition) is 0. The predicted molar refractivity (Wildman–Crippen MR) is 97.7 cm³/mol. The average molecular weight is 332 g/mol. The monoisotopic (exact) mass is 331 g/mol. The van der Waals surface area contributed by atoms with Crippen LogP contribution in [-0.2, 0) is 0 Å². The third kappa shape index (κ3) is 14.9. The Morgan fingerprint density at radius 1 is 0.682 bits per heavy atom. The zero-order valence-corrected chi connectivity index (χ0v) is 16.5. The van der Waals surface area contributed by atoms with Gasteiger partial charge in [-0.1, -0.05) is 71.8 Å². The van der Waals surface area contributed by atoms with Gasteiger partial charge < -0.3 is 16.9 Å². The van der Waals surface area contributed by atoms with Gasteiger partial charge >= 0.3 is 0 Å². The van der Waals surface area contributed by atoms with Crippen molar-refractivity contribution in [3.05, 3.63) is 12.7 Å². The minimum absolute atomic E-state index is 0. The van der Waals surface area contributed by atoms with Gasteiger partial charge in [-0.2, -0.15) is 0 Å². The van der Waals surface area contributed by atoms with Crippen molar-refractivity contribution in [3.8, 4) is 0 Å². The molecule has 2 heteroatoms. The van der Waals surface area contributed by atoms with Gasteiger partial charge in [0.1, 0.15) is 0 Å². The minimum atomic E-state index is 0. The Labute approximate surface area is 147 Å². The van der Waals surface area contributed by atoms with E-state index in [1.54, 1.807) is 0 Å². The highest BCUT2D eigenvalue weighted by Crippen LogP contribution is 2.13. The second-order valence-electron chi connectivity index (χ2n) is 7.07. The summed E-state index contributed by atoms with van der Waals surface area (Å²) in [5.41, 5.74) is 0. The van der Waals surface area contributed by atoms with Crippen molar-refractivity contribution < 1.29 is 16.9 Å². The summed E-state index contributed by atoms with van der Waals surface area (Å²) < 4.78 is 1.21. The van der Waals surface area contributed by atoms with E-state index in [9.17, 15) is 0 Å². The molecule has 0 atom stereocenters. The van der Waals surface area contributed by atoms with Crippen LogP contribution >= 0.6 is 0 Å². The molecular formula is C20H42ClN. The van der Waals surface area contributed by atoms with Crippen LogP contribution in [0.5, 0.6) is 0 Å². The summed E-state index contributed by atoms with van der Waals surface area (Å²) in [4.78, 5) is 0. The third-order valence-corrected chi connectivity index (χ3v) is 4.67. The summed E-state index contributed by atoms with van der Waals surface area (Å²) in [5, 5.41) is 0. The first-order valence-corrected chi connectivity index (χ1v) is 9.63. The maximum absolute atomic E-state index is 3.97. The Morgan fingerprint density at radius 3 is 1.41 bits per heavy atom. The first-order chi connectivity index (χ1) is 10.2. The van der Waals surface area contributed by atoms with Gasteiger partial charge in [0, 0.05) is 0 Å². The molecule has 0 heterocycles. The molecule has 0 unspecified atom stereocenters. The van der Waals surface area contributed by atoms with E-state index in [1.807, 2.05) is 0 Å². The van der Waals surface area contributed by atoms with Gasteiger partial charge in [-0.15, -0.1) is 0 Å². The van der Waals surface area contributed by atoms with E-state index in [0.29, 0.717) is 0 Å². The molecule has 0 aromatic carbocycles. The fraction of sp³-hybridized carbons (Fsp3) is 0.900. The molecular weight excluding hydrogens is 290 g/mol. The Balaban J connectivity index is 0. The Bertz CT molecular complexity index is 212. The first-order valence-electron chi connectivity index (χ1n) is 9.63. The van der Waals surface area contributed by atoms with Crippen molar-refractivity contribution in [1.29, 1.82) is 0 Å². The van der Waals surface area contributed by atoms with Crippen LogP contribution in [0.1, 0.15) is 90.9 Å². The lowest BCUT2D eigenvalue weighted by molar-refractivity contribution is -0.904. The molecule has 0 spiro atoms. The fourth-order valence-electron chi connectivity index (χ4n) is 3.15. The molecule has 0 aromatic heterocycles.